The number of ketones is 1. The highest BCUT2D eigenvalue weighted by molar-refractivity contribution is 6.10. The molecule has 30 heavy (non-hydrogen) atoms. The molecule has 0 spiro atoms. The van der Waals surface area contributed by atoms with Gasteiger partial charge in [0.25, 0.3) is 0 Å². The highest BCUT2D eigenvalue weighted by Gasteiger charge is 2.17. The molecule has 0 aliphatic rings. The van der Waals surface area contributed by atoms with Crippen LogP contribution in [0.2, 0.25) is 0 Å². The third kappa shape index (κ3) is 6.48. The highest BCUT2D eigenvalue weighted by atomic mass is 16.7. The van der Waals surface area contributed by atoms with Crippen molar-refractivity contribution in [2.45, 2.75) is 0 Å². The number of hydrogen-bond donors (Lipinski definition) is 0. The van der Waals surface area contributed by atoms with E-state index < -0.39 is 0 Å². The van der Waals surface area contributed by atoms with Crippen LogP contribution in [0, 0.1) is 0 Å². The van der Waals surface area contributed by atoms with Crippen molar-refractivity contribution in [1.82, 2.24) is 0 Å². The largest absolute Gasteiger partial charge is 0.493 e. The Labute approximate surface area is 175 Å². The van der Waals surface area contributed by atoms with Crippen molar-refractivity contribution < 1.29 is 38.0 Å². The first-order chi connectivity index (χ1) is 14.6. The topological polar surface area (TPSA) is 81.7 Å². The van der Waals surface area contributed by atoms with Gasteiger partial charge in [0, 0.05) is 21.3 Å². The van der Waals surface area contributed by atoms with Gasteiger partial charge in [-0.15, -0.1) is 0 Å². The Bertz CT molecular complexity index is 821. The maximum atomic E-state index is 13.0. The number of ether oxygens (including phenoxy) is 7. The first-order valence-electron chi connectivity index (χ1n) is 9.03. The summed E-state index contributed by atoms with van der Waals surface area (Å²) >= 11 is 0. The standard InChI is InChI=1S/C22H26O8/c1-24-13-28-19-6-5-7-20(29-14-25-2)22(19)17(23)10-8-16-9-11-18(27-4)21(12-16)30-15-26-3/h5-12H,13-15H2,1-4H3/b10-8+. The molecule has 8 heteroatoms. The number of carbonyl (C=O) groups is 1. The fraction of sp³-hybridized carbons (Fsp3) is 0.318. The number of benzene rings is 2. The first-order valence-corrected chi connectivity index (χ1v) is 9.03. The Morgan fingerprint density at radius 1 is 0.767 bits per heavy atom. The molecular weight excluding hydrogens is 392 g/mol. The Morgan fingerprint density at radius 3 is 1.87 bits per heavy atom. The predicted molar refractivity (Wildman–Crippen MR) is 110 cm³/mol. The molecule has 0 aliphatic heterocycles. The van der Waals surface area contributed by atoms with Crippen LogP contribution in [0.5, 0.6) is 23.0 Å². The minimum Gasteiger partial charge on any atom is -0.493 e. The lowest BCUT2D eigenvalue weighted by molar-refractivity contribution is 0.0446. The van der Waals surface area contributed by atoms with Gasteiger partial charge in [0.05, 0.1) is 7.11 Å². The monoisotopic (exact) mass is 418 g/mol. The summed E-state index contributed by atoms with van der Waals surface area (Å²) in [5.41, 5.74) is 1.01. The number of allylic oxidation sites excluding steroid dienone is 1. The summed E-state index contributed by atoms with van der Waals surface area (Å²) in [7, 11) is 6.08. The second kappa shape index (κ2) is 12.5. The number of methoxy groups -OCH3 is 4. The van der Waals surface area contributed by atoms with Crippen molar-refractivity contribution in [3.8, 4) is 23.0 Å². The molecule has 0 amide bonds. The van der Waals surface area contributed by atoms with E-state index in [0.29, 0.717) is 23.0 Å². The molecule has 0 atom stereocenters. The Balaban J connectivity index is 2.30. The third-order valence-corrected chi connectivity index (χ3v) is 3.85. The molecule has 8 nitrogen and oxygen atoms in total. The van der Waals surface area contributed by atoms with Crippen LogP contribution >= 0.6 is 0 Å². The molecule has 0 saturated heterocycles. The number of rotatable bonds is 13. The van der Waals surface area contributed by atoms with E-state index in [1.807, 2.05) is 0 Å². The SMILES string of the molecule is COCOc1cc(/C=C/C(=O)c2c(OCOC)cccc2OCOC)ccc1OC. The molecule has 0 saturated carbocycles. The summed E-state index contributed by atoms with van der Waals surface area (Å²) < 4.78 is 36.6. The van der Waals surface area contributed by atoms with E-state index in [2.05, 4.69) is 0 Å². The van der Waals surface area contributed by atoms with Crippen LogP contribution in [0.4, 0.5) is 0 Å². The van der Waals surface area contributed by atoms with Crippen LogP contribution in [-0.2, 0) is 14.2 Å². The number of carbonyl (C=O) groups excluding carboxylic acids is 1. The van der Waals surface area contributed by atoms with E-state index in [1.54, 1.807) is 49.6 Å². The quantitative estimate of drug-likeness (QED) is 0.278. The molecule has 0 N–H and O–H groups in total. The first kappa shape index (κ1) is 23.2. The van der Waals surface area contributed by atoms with Crippen LogP contribution in [0.15, 0.2) is 42.5 Å². The molecule has 0 radical (unpaired) electrons. The van der Waals surface area contributed by atoms with Gasteiger partial charge in [0.15, 0.2) is 37.7 Å². The fourth-order valence-electron chi connectivity index (χ4n) is 2.53. The lowest BCUT2D eigenvalue weighted by atomic mass is 10.1. The maximum Gasteiger partial charge on any atom is 0.193 e. The molecule has 0 aromatic heterocycles. The third-order valence-electron chi connectivity index (χ3n) is 3.85. The predicted octanol–water partition coefficient (Wildman–Crippen LogP) is 3.54. The van der Waals surface area contributed by atoms with Gasteiger partial charge in [0.2, 0.25) is 0 Å². The van der Waals surface area contributed by atoms with Crippen molar-refractivity contribution in [2.75, 3.05) is 48.8 Å². The average molecular weight is 418 g/mol. The molecule has 0 heterocycles. The van der Waals surface area contributed by atoms with Crippen molar-refractivity contribution in [1.29, 1.82) is 0 Å². The van der Waals surface area contributed by atoms with E-state index in [4.69, 9.17) is 33.2 Å². The molecule has 162 valence electrons. The Morgan fingerprint density at radius 2 is 1.33 bits per heavy atom. The minimum atomic E-state index is -0.303. The van der Waals surface area contributed by atoms with Gasteiger partial charge in [-0.2, -0.15) is 0 Å². The normalized spacial score (nSPS) is 10.8. The summed E-state index contributed by atoms with van der Waals surface area (Å²) in [6.45, 7) is 0.0691. The molecular formula is C22H26O8. The summed E-state index contributed by atoms with van der Waals surface area (Å²) in [5.74, 6) is 1.45. The molecule has 0 unspecified atom stereocenters. The highest BCUT2D eigenvalue weighted by Crippen LogP contribution is 2.31. The van der Waals surface area contributed by atoms with Crippen LogP contribution in [0.25, 0.3) is 6.08 Å². The van der Waals surface area contributed by atoms with Crippen LogP contribution < -0.4 is 18.9 Å². The molecule has 0 aliphatic carbocycles. The zero-order valence-corrected chi connectivity index (χ0v) is 17.5. The average Bonchev–Trinajstić information content (AvgIpc) is 2.78. The van der Waals surface area contributed by atoms with Gasteiger partial charge in [-0.25, -0.2) is 0 Å². The fourth-order valence-corrected chi connectivity index (χ4v) is 2.53. The number of hydrogen-bond acceptors (Lipinski definition) is 8. The van der Waals surface area contributed by atoms with Gasteiger partial charge in [-0.3, -0.25) is 4.79 Å². The lowest BCUT2D eigenvalue weighted by Crippen LogP contribution is -2.09. The van der Waals surface area contributed by atoms with Crippen molar-refractivity contribution >= 4 is 11.9 Å². The Kier molecular flexibility index (Phi) is 9.66. The lowest BCUT2D eigenvalue weighted by Gasteiger charge is -2.14. The van der Waals surface area contributed by atoms with E-state index in [-0.39, 0.29) is 31.7 Å². The van der Waals surface area contributed by atoms with Gasteiger partial charge >= 0.3 is 0 Å². The summed E-state index contributed by atoms with van der Waals surface area (Å²) in [5, 5.41) is 0. The summed E-state index contributed by atoms with van der Waals surface area (Å²) in [6.07, 6.45) is 3.09. The summed E-state index contributed by atoms with van der Waals surface area (Å²) in [4.78, 5) is 13.0. The maximum absolute atomic E-state index is 13.0. The van der Waals surface area contributed by atoms with Gasteiger partial charge in [-0.05, 0) is 35.9 Å². The van der Waals surface area contributed by atoms with E-state index >= 15 is 0 Å². The van der Waals surface area contributed by atoms with Crippen LogP contribution in [0.1, 0.15) is 15.9 Å². The van der Waals surface area contributed by atoms with Crippen molar-refractivity contribution in [2.24, 2.45) is 0 Å². The zero-order valence-electron chi connectivity index (χ0n) is 17.5. The van der Waals surface area contributed by atoms with Crippen molar-refractivity contribution in [3.63, 3.8) is 0 Å². The second-order valence-electron chi connectivity index (χ2n) is 5.89. The van der Waals surface area contributed by atoms with E-state index in [0.717, 1.165) is 5.56 Å². The van der Waals surface area contributed by atoms with Gasteiger partial charge in [-0.1, -0.05) is 18.2 Å². The van der Waals surface area contributed by atoms with Crippen LogP contribution in [-0.4, -0.2) is 54.6 Å². The molecule has 2 aromatic rings. The Hall–Kier alpha value is -3.07. The van der Waals surface area contributed by atoms with E-state index in [9.17, 15) is 4.79 Å². The van der Waals surface area contributed by atoms with Gasteiger partial charge < -0.3 is 33.2 Å². The smallest absolute Gasteiger partial charge is 0.193 e. The van der Waals surface area contributed by atoms with Gasteiger partial charge in [0.1, 0.15) is 17.1 Å². The second-order valence-corrected chi connectivity index (χ2v) is 5.89. The summed E-state index contributed by atoms with van der Waals surface area (Å²) in [6, 6.07) is 10.4. The van der Waals surface area contributed by atoms with E-state index in [1.165, 1.54) is 27.4 Å². The minimum absolute atomic E-state index is 0.00357. The molecule has 0 fully saturated rings. The molecule has 2 aromatic carbocycles. The van der Waals surface area contributed by atoms with Crippen LogP contribution in [0.3, 0.4) is 0 Å². The molecule has 0 bridgehead atoms. The zero-order chi connectivity index (χ0) is 21.8. The molecule has 2 rings (SSSR count). The van der Waals surface area contributed by atoms with Crippen molar-refractivity contribution in [3.05, 3.63) is 53.6 Å².